The van der Waals surface area contributed by atoms with Crippen molar-refractivity contribution in [3.05, 3.63) is 65.9 Å². The number of nitrogens with one attached hydrogen (secondary N) is 2. The lowest BCUT2D eigenvalue weighted by molar-refractivity contribution is -0.116. The van der Waals surface area contributed by atoms with Crippen LogP contribution in [-0.4, -0.2) is 60.5 Å². The van der Waals surface area contributed by atoms with E-state index in [2.05, 4.69) is 10.6 Å². The van der Waals surface area contributed by atoms with Gasteiger partial charge in [-0.2, -0.15) is 10.4 Å². The molecule has 3 amide bonds. The smallest absolute Gasteiger partial charge is 0.322 e. The minimum absolute atomic E-state index is 0.204. The molecule has 0 saturated carbocycles. The van der Waals surface area contributed by atoms with E-state index in [1.807, 2.05) is 57.2 Å². The summed E-state index contributed by atoms with van der Waals surface area (Å²) in [6, 6.07) is 17.2. The molecule has 1 heterocycles. The topological polar surface area (TPSA) is 122 Å². The molecule has 2 N–H and O–H groups in total. The minimum atomic E-state index is -0.462. The van der Waals surface area contributed by atoms with Crippen molar-refractivity contribution in [2.24, 2.45) is 0 Å². The third-order valence-electron chi connectivity index (χ3n) is 5.51. The van der Waals surface area contributed by atoms with E-state index in [0.717, 1.165) is 11.4 Å². The number of hydrogen-bond donors (Lipinski definition) is 2. The summed E-state index contributed by atoms with van der Waals surface area (Å²) < 4.78 is 12.0. The molecule has 0 spiro atoms. The van der Waals surface area contributed by atoms with Crippen LogP contribution < -0.4 is 15.4 Å². The number of urea groups is 1. The average Bonchev–Trinajstić information content (AvgIpc) is 3.31. The van der Waals surface area contributed by atoms with Crippen LogP contribution in [0.15, 0.2) is 54.6 Å². The third kappa shape index (κ3) is 7.32. The number of carbonyl (C=O) groups is 2. The molecular formula is C27H32N6O4. The van der Waals surface area contributed by atoms with Crippen LogP contribution in [0, 0.1) is 11.3 Å². The molecule has 194 valence electrons. The molecule has 0 unspecified atom stereocenters. The molecular weight excluding hydrogens is 472 g/mol. The van der Waals surface area contributed by atoms with Gasteiger partial charge >= 0.3 is 6.03 Å². The van der Waals surface area contributed by atoms with Crippen molar-refractivity contribution < 1.29 is 19.1 Å². The maximum atomic E-state index is 13.1. The monoisotopic (exact) mass is 504 g/mol. The lowest BCUT2D eigenvalue weighted by Gasteiger charge is -2.22. The molecule has 0 fully saturated rings. The van der Waals surface area contributed by atoms with Crippen LogP contribution in [0.1, 0.15) is 32.0 Å². The van der Waals surface area contributed by atoms with E-state index in [4.69, 9.17) is 19.8 Å². The Morgan fingerprint density at radius 2 is 1.73 bits per heavy atom. The van der Waals surface area contributed by atoms with Crippen LogP contribution in [0.3, 0.4) is 0 Å². The summed E-state index contributed by atoms with van der Waals surface area (Å²) in [7, 11) is 3.12. The standard InChI is InChI=1S/C27H32N6O4/c1-27(2,3)23-16-24(33(31-23)21-10-12-22(37-5)13-11-21)30-25(34)18-32(14-15-36-4)26(35)29-20-8-6-19(17-28)7-9-20/h6-13,16H,14-15,18H2,1-5H3,(H,29,35)(H,30,34). The lowest BCUT2D eigenvalue weighted by atomic mass is 9.92. The van der Waals surface area contributed by atoms with Gasteiger partial charge in [0.2, 0.25) is 5.91 Å². The zero-order valence-corrected chi connectivity index (χ0v) is 21.7. The van der Waals surface area contributed by atoms with E-state index in [0.29, 0.717) is 22.8 Å². The first-order valence-corrected chi connectivity index (χ1v) is 11.7. The lowest BCUT2D eigenvalue weighted by Crippen LogP contribution is -2.42. The fourth-order valence-electron chi connectivity index (χ4n) is 3.40. The normalized spacial score (nSPS) is 10.9. The van der Waals surface area contributed by atoms with Crippen LogP contribution in [0.5, 0.6) is 5.75 Å². The predicted octanol–water partition coefficient (Wildman–Crippen LogP) is 4.17. The second kappa shape index (κ2) is 12.1. The highest BCUT2D eigenvalue weighted by Crippen LogP contribution is 2.27. The maximum absolute atomic E-state index is 13.1. The van der Waals surface area contributed by atoms with Gasteiger partial charge in [0.05, 0.1) is 36.7 Å². The molecule has 2 aromatic carbocycles. The van der Waals surface area contributed by atoms with Crippen molar-refractivity contribution in [1.82, 2.24) is 14.7 Å². The highest BCUT2D eigenvalue weighted by Gasteiger charge is 2.23. The first-order chi connectivity index (χ1) is 17.6. The van der Waals surface area contributed by atoms with Gasteiger partial charge in [-0.25, -0.2) is 9.48 Å². The van der Waals surface area contributed by atoms with E-state index in [9.17, 15) is 9.59 Å². The maximum Gasteiger partial charge on any atom is 0.322 e. The number of anilines is 2. The number of ether oxygens (including phenoxy) is 2. The molecule has 0 radical (unpaired) electrons. The number of hydrogen-bond acceptors (Lipinski definition) is 6. The Balaban J connectivity index is 1.79. The zero-order chi connectivity index (χ0) is 27.0. The van der Waals surface area contributed by atoms with Gasteiger partial charge in [-0.05, 0) is 48.5 Å². The SMILES string of the molecule is COCCN(CC(=O)Nc1cc(C(C)(C)C)nn1-c1ccc(OC)cc1)C(=O)Nc1ccc(C#N)cc1. The summed E-state index contributed by atoms with van der Waals surface area (Å²) in [6.45, 7) is 6.38. The van der Waals surface area contributed by atoms with Crippen molar-refractivity contribution >= 4 is 23.4 Å². The summed E-state index contributed by atoms with van der Waals surface area (Å²) in [6.07, 6.45) is 0. The Bertz CT molecular complexity index is 1250. The molecule has 1 aromatic heterocycles. The van der Waals surface area contributed by atoms with Crippen molar-refractivity contribution in [3.63, 3.8) is 0 Å². The summed E-state index contributed by atoms with van der Waals surface area (Å²) in [5.74, 6) is 0.806. The van der Waals surface area contributed by atoms with Gasteiger partial charge in [-0.15, -0.1) is 0 Å². The zero-order valence-electron chi connectivity index (χ0n) is 21.7. The van der Waals surface area contributed by atoms with Gasteiger partial charge in [0.1, 0.15) is 18.1 Å². The highest BCUT2D eigenvalue weighted by atomic mass is 16.5. The van der Waals surface area contributed by atoms with Crippen molar-refractivity contribution in [2.75, 3.05) is 44.5 Å². The van der Waals surface area contributed by atoms with Crippen LogP contribution in [-0.2, 0) is 14.9 Å². The first kappa shape index (κ1) is 27.2. The van der Waals surface area contributed by atoms with Gasteiger partial charge in [0.15, 0.2) is 0 Å². The van der Waals surface area contributed by atoms with E-state index in [-0.39, 0.29) is 31.0 Å². The van der Waals surface area contributed by atoms with Crippen LogP contribution >= 0.6 is 0 Å². The number of aromatic nitrogens is 2. The second-order valence-corrected chi connectivity index (χ2v) is 9.36. The minimum Gasteiger partial charge on any atom is -0.497 e. The van der Waals surface area contributed by atoms with Crippen molar-refractivity contribution in [1.29, 1.82) is 5.26 Å². The van der Waals surface area contributed by atoms with Crippen LogP contribution in [0.4, 0.5) is 16.3 Å². The largest absolute Gasteiger partial charge is 0.497 e. The quantitative estimate of drug-likeness (QED) is 0.451. The molecule has 37 heavy (non-hydrogen) atoms. The predicted molar refractivity (Wildman–Crippen MR) is 141 cm³/mol. The van der Waals surface area contributed by atoms with Gasteiger partial charge in [0.25, 0.3) is 0 Å². The number of carbonyl (C=O) groups excluding carboxylic acids is 2. The molecule has 0 aliphatic carbocycles. The van der Waals surface area contributed by atoms with E-state index in [1.165, 1.54) is 12.0 Å². The number of nitriles is 1. The van der Waals surface area contributed by atoms with E-state index >= 15 is 0 Å². The average molecular weight is 505 g/mol. The van der Waals surface area contributed by atoms with Crippen LogP contribution in [0.25, 0.3) is 5.69 Å². The number of rotatable bonds is 9. The Labute approximate surface area is 216 Å². The fourth-order valence-corrected chi connectivity index (χ4v) is 3.40. The van der Waals surface area contributed by atoms with Crippen LogP contribution in [0.2, 0.25) is 0 Å². The van der Waals surface area contributed by atoms with Crippen molar-refractivity contribution in [3.8, 4) is 17.5 Å². The number of nitrogens with zero attached hydrogens (tertiary/aromatic N) is 4. The summed E-state index contributed by atoms with van der Waals surface area (Å²) in [4.78, 5) is 27.4. The first-order valence-electron chi connectivity index (χ1n) is 11.7. The Morgan fingerprint density at radius 1 is 1.05 bits per heavy atom. The summed E-state index contributed by atoms with van der Waals surface area (Å²) in [5, 5.41) is 19.3. The molecule has 10 heteroatoms. The number of amides is 3. The van der Waals surface area contributed by atoms with E-state index in [1.54, 1.807) is 36.1 Å². The fraction of sp³-hybridized carbons (Fsp3) is 0.333. The summed E-state index contributed by atoms with van der Waals surface area (Å²) in [5.41, 5.74) is 2.30. The Hall–Kier alpha value is -4.36. The van der Waals surface area contributed by atoms with Gasteiger partial charge in [-0.1, -0.05) is 20.8 Å². The number of benzene rings is 2. The Morgan fingerprint density at radius 3 is 2.30 bits per heavy atom. The molecule has 0 aliphatic heterocycles. The van der Waals surface area contributed by atoms with Crippen molar-refractivity contribution in [2.45, 2.75) is 26.2 Å². The van der Waals surface area contributed by atoms with Gasteiger partial charge in [-0.3, -0.25) is 4.79 Å². The molecule has 0 aliphatic rings. The molecule has 0 bridgehead atoms. The second-order valence-electron chi connectivity index (χ2n) is 9.36. The Kier molecular flexibility index (Phi) is 8.87. The highest BCUT2D eigenvalue weighted by molar-refractivity contribution is 5.96. The van der Waals surface area contributed by atoms with Gasteiger partial charge in [0, 0.05) is 30.8 Å². The van der Waals surface area contributed by atoms with Gasteiger partial charge < -0.3 is 25.0 Å². The van der Waals surface area contributed by atoms with E-state index < -0.39 is 6.03 Å². The molecule has 10 nitrogen and oxygen atoms in total. The molecule has 3 aromatic rings. The molecule has 0 atom stereocenters. The molecule has 0 saturated heterocycles. The number of methoxy groups -OCH3 is 2. The molecule has 3 rings (SSSR count). The summed E-state index contributed by atoms with van der Waals surface area (Å²) >= 11 is 0. The third-order valence-corrected chi connectivity index (χ3v) is 5.51.